The molecule has 7 heteroatoms. The summed E-state index contributed by atoms with van der Waals surface area (Å²) in [5.74, 6) is -0.882. The topological polar surface area (TPSA) is 66.5 Å². The first-order chi connectivity index (χ1) is 9.26. The number of sulfonamides is 1. The lowest BCUT2D eigenvalue weighted by Gasteiger charge is -2.20. The first kappa shape index (κ1) is 16.4. The average Bonchev–Trinajstić information content (AvgIpc) is 2.35. The molecular weight excluding hydrogens is 283 g/mol. The molecule has 1 N–H and O–H groups in total. The fourth-order valence-electron chi connectivity index (χ4n) is 1.61. The Morgan fingerprint density at radius 1 is 1.40 bits per heavy atom. The van der Waals surface area contributed by atoms with E-state index in [-0.39, 0.29) is 17.3 Å². The van der Waals surface area contributed by atoms with Crippen LogP contribution in [0.5, 0.6) is 0 Å². The molecular formula is C13H19FN2O3S. The van der Waals surface area contributed by atoms with Gasteiger partial charge in [-0.1, -0.05) is 13.3 Å². The second-order valence-electron chi connectivity index (χ2n) is 4.51. The zero-order chi connectivity index (χ0) is 15.3. The van der Waals surface area contributed by atoms with Gasteiger partial charge in [0.1, 0.15) is 5.82 Å². The van der Waals surface area contributed by atoms with E-state index in [0.717, 1.165) is 12.5 Å². The Balaban J connectivity index is 3.10. The summed E-state index contributed by atoms with van der Waals surface area (Å²) in [5.41, 5.74) is 0.387. The second-order valence-corrected chi connectivity index (χ2v) is 6.36. The van der Waals surface area contributed by atoms with E-state index >= 15 is 0 Å². The van der Waals surface area contributed by atoms with Crippen molar-refractivity contribution < 1.29 is 17.6 Å². The monoisotopic (exact) mass is 302 g/mol. The van der Waals surface area contributed by atoms with Crippen molar-refractivity contribution in [1.29, 1.82) is 0 Å². The Morgan fingerprint density at radius 2 is 2.05 bits per heavy atom. The van der Waals surface area contributed by atoms with Crippen molar-refractivity contribution >= 4 is 27.3 Å². The molecule has 20 heavy (non-hydrogen) atoms. The van der Waals surface area contributed by atoms with Crippen molar-refractivity contribution in [1.82, 2.24) is 0 Å². The summed E-state index contributed by atoms with van der Waals surface area (Å²) in [7, 11) is -2.05. The van der Waals surface area contributed by atoms with Crippen molar-refractivity contribution in [3.05, 3.63) is 24.0 Å². The minimum atomic E-state index is -3.55. The summed E-state index contributed by atoms with van der Waals surface area (Å²) in [4.78, 5) is 12.6. The fraction of sp³-hybridized carbons (Fsp3) is 0.462. The average molecular weight is 302 g/mol. The van der Waals surface area contributed by atoms with E-state index in [1.165, 1.54) is 31.0 Å². The van der Waals surface area contributed by atoms with Crippen LogP contribution in [0.4, 0.5) is 15.8 Å². The van der Waals surface area contributed by atoms with Crippen LogP contribution in [0.3, 0.4) is 0 Å². The van der Waals surface area contributed by atoms with Crippen molar-refractivity contribution in [2.45, 2.75) is 26.7 Å². The number of unbranched alkanes of at least 4 members (excludes halogenated alkanes) is 1. The molecule has 5 nitrogen and oxygen atoms in total. The minimum absolute atomic E-state index is 0.0385. The molecule has 112 valence electrons. The van der Waals surface area contributed by atoms with E-state index in [4.69, 9.17) is 0 Å². The summed E-state index contributed by atoms with van der Waals surface area (Å²) in [6, 6.07) is 3.62. The van der Waals surface area contributed by atoms with Gasteiger partial charge in [0.25, 0.3) is 0 Å². The highest BCUT2D eigenvalue weighted by Gasteiger charge is 2.17. The molecule has 1 amide bonds. The van der Waals surface area contributed by atoms with Gasteiger partial charge in [0.15, 0.2) is 0 Å². The van der Waals surface area contributed by atoms with Gasteiger partial charge in [0, 0.05) is 20.0 Å². The lowest BCUT2D eigenvalue weighted by molar-refractivity contribution is -0.116. The number of benzene rings is 1. The zero-order valence-electron chi connectivity index (χ0n) is 11.8. The Kier molecular flexibility index (Phi) is 5.50. The normalized spacial score (nSPS) is 11.2. The summed E-state index contributed by atoms with van der Waals surface area (Å²) in [6.45, 7) is 3.23. The van der Waals surface area contributed by atoms with E-state index in [9.17, 15) is 17.6 Å². The van der Waals surface area contributed by atoms with Crippen LogP contribution in [0.15, 0.2) is 18.2 Å². The Hall–Kier alpha value is -1.63. The molecule has 0 atom stereocenters. The standard InChI is InChI=1S/C13H19FN2O3S/c1-4-5-8-20(18,19)15-12-9-11(14)6-7-13(12)16(3)10(2)17/h6-7,9,15H,4-5,8H2,1-3H3. The number of amides is 1. The van der Waals surface area contributed by atoms with Crippen LogP contribution in [-0.4, -0.2) is 27.1 Å². The molecule has 0 fully saturated rings. The Bertz CT molecular complexity index is 587. The fourth-order valence-corrected chi connectivity index (χ4v) is 2.87. The van der Waals surface area contributed by atoms with Crippen molar-refractivity contribution in [3.63, 3.8) is 0 Å². The highest BCUT2D eigenvalue weighted by Crippen LogP contribution is 2.27. The SMILES string of the molecule is CCCCS(=O)(=O)Nc1cc(F)ccc1N(C)C(C)=O. The maximum absolute atomic E-state index is 13.3. The molecule has 0 aliphatic carbocycles. The van der Waals surface area contributed by atoms with Crippen LogP contribution in [0.25, 0.3) is 0 Å². The van der Waals surface area contributed by atoms with Crippen LogP contribution in [0.2, 0.25) is 0 Å². The van der Waals surface area contributed by atoms with Crippen LogP contribution < -0.4 is 9.62 Å². The predicted octanol–water partition coefficient (Wildman–Crippen LogP) is 2.35. The van der Waals surface area contributed by atoms with Crippen LogP contribution in [0, 0.1) is 5.82 Å². The van der Waals surface area contributed by atoms with Gasteiger partial charge in [-0.05, 0) is 18.6 Å². The van der Waals surface area contributed by atoms with Gasteiger partial charge in [-0.2, -0.15) is 0 Å². The summed E-state index contributed by atoms with van der Waals surface area (Å²) < 4.78 is 39.4. The van der Waals surface area contributed by atoms with Gasteiger partial charge in [-0.25, -0.2) is 12.8 Å². The molecule has 0 aliphatic heterocycles. The number of halogens is 1. The van der Waals surface area contributed by atoms with E-state index in [2.05, 4.69) is 4.72 Å². The second kappa shape index (κ2) is 6.69. The number of hydrogen-bond donors (Lipinski definition) is 1. The molecule has 0 aromatic heterocycles. The first-order valence-corrected chi connectivity index (χ1v) is 7.96. The van der Waals surface area contributed by atoms with E-state index in [0.29, 0.717) is 12.1 Å². The Morgan fingerprint density at radius 3 is 2.60 bits per heavy atom. The highest BCUT2D eigenvalue weighted by atomic mass is 32.2. The quantitative estimate of drug-likeness (QED) is 0.877. The van der Waals surface area contributed by atoms with Crippen LogP contribution >= 0.6 is 0 Å². The minimum Gasteiger partial charge on any atom is -0.314 e. The zero-order valence-corrected chi connectivity index (χ0v) is 12.6. The van der Waals surface area contributed by atoms with Crippen LogP contribution in [0.1, 0.15) is 26.7 Å². The molecule has 0 bridgehead atoms. The van der Waals surface area contributed by atoms with Gasteiger partial charge >= 0.3 is 0 Å². The van der Waals surface area contributed by atoms with E-state index in [1.54, 1.807) is 0 Å². The van der Waals surface area contributed by atoms with Gasteiger partial charge in [0.05, 0.1) is 17.1 Å². The van der Waals surface area contributed by atoms with Crippen LogP contribution in [-0.2, 0) is 14.8 Å². The molecule has 0 unspecified atom stereocenters. The number of carbonyl (C=O) groups is 1. The summed E-state index contributed by atoms with van der Waals surface area (Å²) in [6.07, 6.45) is 1.26. The van der Waals surface area contributed by atoms with E-state index < -0.39 is 15.8 Å². The largest absolute Gasteiger partial charge is 0.314 e. The van der Waals surface area contributed by atoms with E-state index in [1.807, 2.05) is 6.92 Å². The lowest BCUT2D eigenvalue weighted by Crippen LogP contribution is -2.25. The Labute approximate surface area is 118 Å². The maximum Gasteiger partial charge on any atom is 0.232 e. The molecule has 0 saturated carbocycles. The van der Waals surface area contributed by atoms with Gasteiger partial charge in [-0.3, -0.25) is 9.52 Å². The van der Waals surface area contributed by atoms with Crippen molar-refractivity contribution in [2.24, 2.45) is 0 Å². The smallest absolute Gasteiger partial charge is 0.232 e. The number of carbonyl (C=O) groups excluding carboxylic acids is 1. The molecule has 0 spiro atoms. The molecule has 1 aromatic carbocycles. The number of nitrogens with zero attached hydrogens (tertiary/aromatic N) is 1. The third-order valence-electron chi connectivity index (χ3n) is 2.82. The van der Waals surface area contributed by atoms with Gasteiger partial charge in [-0.15, -0.1) is 0 Å². The van der Waals surface area contributed by atoms with Crippen molar-refractivity contribution in [3.8, 4) is 0 Å². The third kappa shape index (κ3) is 4.48. The predicted molar refractivity (Wildman–Crippen MR) is 77.8 cm³/mol. The highest BCUT2D eigenvalue weighted by molar-refractivity contribution is 7.92. The number of nitrogens with one attached hydrogen (secondary N) is 1. The molecule has 1 rings (SSSR count). The lowest BCUT2D eigenvalue weighted by atomic mass is 10.2. The van der Waals surface area contributed by atoms with Crippen molar-refractivity contribution in [2.75, 3.05) is 22.4 Å². The van der Waals surface area contributed by atoms with Gasteiger partial charge in [0.2, 0.25) is 15.9 Å². The summed E-state index contributed by atoms with van der Waals surface area (Å²) >= 11 is 0. The molecule has 1 aromatic rings. The number of anilines is 2. The summed E-state index contributed by atoms with van der Waals surface area (Å²) in [5, 5.41) is 0. The molecule has 0 saturated heterocycles. The maximum atomic E-state index is 13.3. The number of hydrogen-bond acceptors (Lipinski definition) is 3. The first-order valence-electron chi connectivity index (χ1n) is 6.31. The molecule has 0 aliphatic rings. The molecule has 0 heterocycles. The van der Waals surface area contributed by atoms with Gasteiger partial charge < -0.3 is 4.90 Å². The third-order valence-corrected chi connectivity index (χ3v) is 4.18. The molecule has 0 radical (unpaired) electrons. The number of rotatable bonds is 6.